The largest absolute Gasteiger partial charge is 0.373 e. The molecule has 0 saturated carbocycles. The third kappa shape index (κ3) is 5.71. The molecule has 0 fully saturated rings. The van der Waals surface area contributed by atoms with Crippen LogP contribution in [0.25, 0.3) is 0 Å². The lowest BCUT2D eigenvalue weighted by Crippen LogP contribution is -2.29. The fourth-order valence-electron chi connectivity index (χ4n) is 4.41. The molecule has 7 nitrogen and oxygen atoms in total. The number of nitrogens with zero attached hydrogens (tertiary/aromatic N) is 1. The number of carbonyl (C=O) groups is 2. The second kappa shape index (κ2) is 10.6. The number of ether oxygens (including phenoxy) is 1. The third-order valence-electron chi connectivity index (χ3n) is 6.32. The van der Waals surface area contributed by atoms with Gasteiger partial charge in [-0.2, -0.15) is 0 Å². The van der Waals surface area contributed by atoms with Crippen molar-refractivity contribution in [1.29, 1.82) is 0 Å². The maximum Gasteiger partial charge on any atom is 0.253 e. The van der Waals surface area contributed by atoms with Gasteiger partial charge in [-0.3, -0.25) is 9.59 Å². The van der Waals surface area contributed by atoms with Gasteiger partial charge in [0, 0.05) is 19.2 Å². The summed E-state index contributed by atoms with van der Waals surface area (Å²) < 4.78 is 31.2. The van der Waals surface area contributed by atoms with Gasteiger partial charge in [-0.25, -0.2) is 8.42 Å². The van der Waals surface area contributed by atoms with Crippen LogP contribution in [-0.4, -0.2) is 37.5 Å². The first-order valence-electron chi connectivity index (χ1n) is 11.8. The number of fused-ring (bicyclic) bond motifs is 1. The first-order chi connectivity index (χ1) is 16.8. The summed E-state index contributed by atoms with van der Waals surface area (Å²) in [7, 11) is -3.31. The molecule has 1 aliphatic rings. The van der Waals surface area contributed by atoms with Crippen molar-refractivity contribution in [3.8, 4) is 0 Å². The zero-order valence-electron chi connectivity index (χ0n) is 20.0. The van der Waals surface area contributed by atoms with Crippen molar-refractivity contribution in [2.75, 3.05) is 12.9 Å². The third-order valence-corrected chi connectivity index (χ3v) is 7.43. The number of sulfone groups is 1. The van der Waals surface area contributed by atoms with Crippen LogP contribution in [0.2, 0.25) is 0 Å². The molecule has 0 spiro atoms. The van der Waals surface area contributed by atoms with Crippen molar-refractivity contribution in [1.82, 2.24) is 9.88 Å². The summed E-state index contributed by atoms with van der Waals surface area (Å²) >= 11 is 0. The first-order valence-corrected chi connectivity index (χ1v) is 13.6. The minimum atomic E-state index is -3.31. The number of Topliss-reactive ketones (excluding diaryl/α,β-unsaturated/α-hetero) is 1. The van der Waals surface area contributed by atoms with Crippen LogP contribution >= 0.6 is 0 Å². The fourth-order valence-corrected chi connectivity index (χ4v) is 5.10. The lowest BCUT2D eigenvalue weighted by molar-refractivity contribution is 0.0782. The highest BCUT2D eigenvalue weighted by Gasteiger charge is 2.27. The van der Waals surface area contributed by atoms with Gasteiger partial charge in [0.2, 0.25) is 0 Å². The van der Waals surface area contributed by atoms with E-state index in [2.05, 4.69) is 5.32 Å². The lowest BCUT2D eigenvalue weighted by Gasteiger charge is -2.20. The van der Waals surface area contributed by atoms with E-state index < -0.39 is 9.84 Å². The molecule has 1 amide bonds. The van der Waals surface area contributed by atoms with Crippen LogP contribution in [0.15, 0.2) is 65.6 Å². The van der Waals surface area contributed by atoms with Crippen molar-refractivity contribution in [2.24, 2.45) is 0 Å². The molecule has 4 rings (SSSR count). The number of hydrogen-bond donors (Lipinski definition) is 1. The molecule has 1 N–H and O–H groups in total. The highest BCUT2D eigenvalue weighted by molar-refractivity contribution is 7.90. The fraction of sp³-hybridized carbons (Fsp3) is 0.333. The normalized spacial score (nSPS) is 14.2. The maximum atomic E-state index is 13.3. The standard InChI is InChI=1S/C27H30N2O5S/c1-3-23(20-9-5-4-6-10-20)28-27(31)22-17-24(29-14-15-34-18-25(22)29)26(30)13-12-19-8-7-11-21(16-19)35(2,32)33/h4-11,16-17,23H,3,12-15,18H2,1-2H3,(H,28,31)/t23-/m1/s1. The van der Waals surface area contributed by atoms with Gasteiger partial charge < -0.3 is 14.6 Å². The molecule has 3 aromatic rings. The van der Waals surface area contributed by atoms with Crippen molar-refractivity contribution < 1.29 is 22.7 Å². The van der Waals surface area contributed by atoms with E-state index in [1.807, 2.05) is 47.9 Å². The van der Waals surface area contributed by atoms with Gasteiger partial charge >= 0.3 is 0 Å². The Morgan fingerprint density at radius 3 is 2.57 bits per heavy atom. The SMILES string of the molecule is CC[C@@H](NC(=O)c1cc(C(=O)CCc2cccc(S(C)(=O)=O)c2)n2c1COCC2)c1ccccc1. The number of benzene rings is 2. The molecule has 8 heteroatoms. The summed E-state index contributed by atoms with van der Waals surface area (Å²) in [5, 5.41) is 3.10. The average Bonchev–Trinajstić information content (AvgIpc) is 3.26. The van der Waals surface area contributed by atoms with Crippen LogP contribution in [0.1, 0.15) is 63.5 Å². The number of ketones is 1. The molecule has 2 aromatic carbocycles. The molecule has 0 radical (unpaired) electrons. The predicted octanol–water partition coefficient (Wildman–Crippen LogP) is 4.12. The highest BCUT2D eigenvalue weighted by atomic mass is 32.2. The van der Waals surface area contributed by atoms with Crippen molar-refractivity contribution in [2.45, 2.75) is 50.3 Å². The number of aromatic nitrogens is 1. The summed E-state index contributed by atoms with van der Waals surface area (Å²) in [5.41, 5.74) is 3.46. The minimum Gasteiger partial charge on any atom is -0.373 e. The molecule has 184 valence electrons. The quantitative estimate of drug-likeness (QED) is 0.452. The van der Waals surface area contributed by atoms with E-state index in [-0.39, 0.29) is 35.7 Å². The Labute approximate surface area is 206 Å². The van der Waals surface area contributed by atoms with E-state index in [4.69, 9.17) is 4.74 Å². The molecule has 0 unspecified atom stereocenters. The summed E-state index contributed by atoms with van der Waals surface area (Å²) in [6.45, 7) is 3.27. The van der Waals surface area contributed by atoms with Crippen LogP contribution in [-0.2, 0) is 34.1 Å². The van der Waals surface area contributed by atoms with Gasteiger partial charge in [0.25, 0.3) is 5.91 Å². The molecular weight excluding hydrogens is 464 g/mol. The van der Waals surface area contributed by atoms with E-state index in [0.29, 0.717) is 36.5 Å². The molecule has 35 heavy (non-hydrogen) atoms. The summed E-state index contributed by atoms with van der Waals surface area (Å²) in [6.07, 6.45) is 2.52. The average molecular weight is 495 g/mol. The Balaban J connectivity index is 1.54. The highest BCUT2D eigenvalue weighted by Crippen LogP contribution is 2.25. The number of nitrogens with one attached hydrogen (secondary N) is 1. The lowest BCUT2D eigenvalue weighted by atomic mass is 10.0. The molecular formula is C27H30N2O5S. The van der Waals surface area contributed by atoms with Crippen LogP contribution in [0.5, 0.6) is 0 Å². The molecule has 0 bridgehead atoms. The Bertz CT molecular complexity index is 1330. The van der Waals surface area contributed by atoms with Gasteiger partial charge in [0.15, 0.2) is 15.6 Å². The second-order valence-electron chi connectivity index (χ2n) is 8.78. The summed E-state index contributed by atoms with van der Waals surface area (Å²) in [5.74, 6) is -0.318. The Morgan fingerprint density at radius 2 is 1.86 bits per heavy atom. The monoisotopic (exact) mass is 494 g/mol. The van der Waals surface area contributed by atoms with Gasteiger partial charge in [-0.05, 0) is 42.2 Å². The van der Waals surface area contributed by atoms with Crippen LogP contribution < -0.4 is 5.32 Å². The molecule has 0 aliphatic carbocycles. The van der Waals surface area contributed by atoms with Crippen molar-refractivity contribution in [3.05, 3.63) is 88.7 Å². The summed E-state index contributed by atoms with van der Waals surface area (Å²) in [4.78, 5) is 26.7. The molecule has 1 atom stereocenters. The van der Waals surface area contributed by atoms with E-state index in [9.17, 15) is 18.0 Å². The first kappa shape index (κ1) is 24.9. The molecule has 1 aromatic heterocycles. The topological polar surface area (TPSA) is 94.5 Å². The van der Waals surface area contributed by atoms with Gasteiger partial charge in [-0.1, -0.05) is 49.4 Å². The molecule has 1 aliphatic heterocycles. The van der Waals surface area contributed by atoms with Gasteiger partial charge in [0.1, 0.15) is 0 Å². The zero-order valence-corrected chi connectivity index (χ0v) is 20.8. The van der Waals surface area contributed by atoms with Crippen LogP contribution in [0, 0.1) is 0 Å². The Kier molecular flexibility index (Phi) is 7.52. The maximum absolute atomic E-state index is 13.3. The number of hydrogen-bond acceptors (Lipinski definition) is 5. The Morgan fingerprint density at radius 1 is 1.09 bits per heavy atom. The number of amides is 1. The smallest absolute Gasteiger partial charge is 0.253 e. The number of carbonyl (C=O) groups excluding carboxylic acids is 2. The van der Waals surface area contributed by atoms with Gasteiger partial charge in [-0.15, -0.1) is 0 Å². The molecule has 0 saturated heterocycles. The Hall–Kier alpha value is -3.23. The number of aryl methyl sites for hydroxylation is 1. The van der Waals surface area contributed by atoms with Crippen LogP contribution in [0.3, 0.4) is 0 Å². The number of rotatable bonds is 9. The second-order valence-corrected chi connectivity index (χ2v) is 10.8. The van der Waals surface area contributed by atoms with E-state index in [1.165, 1.54) is 6.26 Å². The van der Waals surface area contributed by atoms with E-state index >= 15 is 0 Å². The van der Waals surface area contributed by atoms with Gasteiger partial charge in [0.05, 0.1) is 41.1 Å². The minimum absolute atomic E-state index is 0.0907. The van der Waals surface area contributed by atoms with Crippen LogP contribution in [0.4, 0.5) is 0 Å². The van der Waals surface area contributed by atoms with Crippen molar-refractivity contribution >= 4 is 21.5 Å². The zero-order chi connectivity index (χ0) is 25.0. The van der Waals surface area contributed by atoms with E-state index in [0.717, 1.165) is 17.5 Å². The molecule has 2 heterocycles. The summed E-state index contributed by atoms with van der Waals surface area (Å²) in [6, 6.07) is 18.0. The van der Waals surface area contributed by atoms with E-state index in [1.54, 1.807) is 24.3 Å². The predicted molar refractivity (Wildman–Crippen MR) is 133 cm³/mol. The van der Waals surface area contributed by atoms with Crippen molar-refractivity contribution in [3.63, 3.8) is 0 Å².